The van der Waals surface area contributed by atoms with Crippen LogP contribution in [0.15, 0.2) is 12.1 Å². The van der Waals surface area contributed by atoms with Crippen LogP contribution in [0.2, 0.25) is 0 Å². The van der Waals surface area contributed by atoms with Gasteiger partial charge in [0.15, 0.2) is 11.5 Å². The highest BCUT2D eigenvalue weighted by atomic mass is 16.5. The van der Waals surface area contributed by atoms with Crippen molar-refractivity contribution in [3.63, 3.8) is 0 Å². The summed E-state index contributed by atoms with van der Waals surface area (Å²) in [7, 11) is 3.06. The number of hydrogen-bond acceptors (Lipinski definition) is 4. The molecule has 0 radical (unpaired) electrons. The van der Waals surface area contributed by atoms with Gasteiger partial charge in [-0.15, -0.1) is 0 Å². The fraction of sp³-hybridized carbons (Fsp3) is 0.462. The zero-order valence-electron chi connectivity index (χ0n) is 10.8. The maximum Gasteiger partial charge on any atom is 0.253 e. The lowest BCUT2D eigenvalue weighted by molar-refractivity contribution is 0.0950. The molecule has 1 fully saturated rings. The number of nitrogens with one attached hydrogen (secondary N) is 1. The smallest absolute Gasteiger partial charge is 0.253 e. The summed E-state index contributed by atoms with van der Waals surface area (Å²) in [6.45, 7) is 2.10. The van der Waals surface area contributed by atoms with E-state index < -0.39 is 0 Å². The molecule has 98 valence electrons. The molecule has 1 aliphatic rings. The molecular weight excluding hydrogens is 232 g/mol. The first-order chi connectivity index (χ1) is 8.56. The maximum absolute atomic E-state index is 12.0. The van der Waals surface area contributed by atoms with Gasteiger partial charge >= 0.3 is 0 Å². The maximum atomic E-state index is 12.0. The molecule has 2 atom stereocenters. The van der Waals surface area contributed by atoms with E-state index in [-0.39, 0.29) is 11.9 Å². The van der Waals surface area contributed by atoms with E-state index in [4.69, 9.17) is 15.2 Å². The highest BCUT2D eigenvalue weighted by Crippen LogP contribution is 2.33. The number of carbonyl (C=O) groups is 1. The topological polar surface area (TPSA) is 73.6 Å². The zero-order chi connectivity index (χ0) is 13.3. The van der Waals surface area contributed by atoms with Crippen molar-refractivity contribution in [2.24, 2.45) is 5.92 Å². The Balaban J connectivity index is 2.23. The number of methoxy groups -OCH3 is 2. The number of rotatable bonds is 4. The Morgan fingerprint density at radius 3 is 2.39 bits per heavy atom. The zero-order valence-corrected chi connectivity index (χ0v) is 10.8. The summed E-state index contributed by atoms with van der Waals surface area (Å²) in [5, 5.41) is 2.93. The molecule has 3 N–H and O–H groups in total. The highest BCUT2D eigenvalue weighted by Gasteiger charge is 2.34. The van der Waals surface area contributed by atoms with Crippen molar-refractivity contribution < 1.29 is 14.3 Å². The standard InChI is InChI=1S/C13H18N2O3/c1-7-4-10(7)15-13(16)8-5-11(17-2)12(18-3)6-9(8)14/h5-7,10H,4,14H2,1-3H3,(H,15,16). The molecule has 1 aromatic carbocycles. The van der Waals surface area contributed by atoms with Crippen LogP contribution in [0, 0.1) is 5.92 Å². The van der Waals surface area contributed by atoms with Crippen molar-refractivity contribution >= 4 is 11.6 Å². The molecule has 0 bridgehead atoms. The summed E-state index contributed by atoms with van der Waals surface area (Å²) in [6.07, 6.45) is 1.03. The van der Waals surface area contributed by atoms with Crippen LogP contribution >= 0.6 is 0 Å². The normalized spacial score (nSPS) is 21.3. The molecule has 1 amide bonds. The number of nitrogens with two attached hydrogens (primary N) is 1. The van der Waals surface area contributed by atoms with E-state index >= 15 is 0 Å². The minimum absolute atomic E-state index is 0.164. The summed E-state index contributed by atoms with van der Waals surface area (Å²) < 4.78 is 10.3. The van der Waals surface area contributed by atoms with Crippen LogP contribution in [0.1, 0.15) is 23.7 Å². The fourth-order valence-corrected chi connectivity index (χ4v) is 1.86. The number of amides is 1. The van der Waals surface area contributed by atoms with Gasteiger partial charge in [0.1, 0.15) is 0 Å². The van der Waals surface area contributed by atoms with Crippen LogP contribution in [-0.2, 0) is 0 Å². The first-order valence-corrected chi connectivity index (χ1v) is 5.89. The van der Waals surface area contributed by atoms with E-state index in [1.54, 1.807) is 12.1 Å². The van der Waals surface area contributed by atoms with Crippen LogP contribution in [0.3, 0.4) is 0 Å². The first kappa shape index (κ1) is 12.5. The second kappa shape index (κ2) is 4.76. The second-order valence-electron chi connectivity index (χ2n) is 4.59. The van der Waals surface area contributed by atoms with Crippen molar-refractivity contribution in [2.75, 3.05) is 20.0 Å². The van der Waals surface area contributed by atoms with E-state index in [0.29, 0.717) is 28.7 Å². The predicted molar refractivity (Wildman–Crippen MR) is 69.0 cm³/mol. The third kappa shape index (κ3) is 2.34. The van der Waals surface area contributed by atoms with Gasteiger partial charge in [0.25, 0.3) is 5.91 Å². The Morgan fingerprint density at radius 1 is 1.33 bits per heavy atom. The summed E-state index contributed by atoms with van der Waals surface area (Å²) in [4.78, 5) is 12.0. The second-order valence-corrected chi connectivity index (χ2v) is 4.59. The molecule has 0 aliphatic heterocycles. The average molecular weight is 250 g/mol. The van der Waals surface area contributed by atoms with Gasteiger partial charge in [0, 0.05) is 17.8 Å². The quantitative estimate of drug-likeness (QED) is 0.793. The SMILES string of the molecule is COc1cc(N)c(C(=O)NC2CC2C)cc1OC. The summed E-state index contributed by atoms with van der Waals surface area (Å²) in [5.41, 5.74) is 6.67. The van der Waals surface area contributed by atoms with E-state index in [0.717, 1.165) is 6.42 Å². The molecule has 1 aliphatic carbocycles. The molecule has 0 heterocycles. The van der Waals surface area contributed by atoms with Crippen molar-refractivity contribution in [1.82, 2.24) is 5.32 Å². The predicted octanol–water partition coefficient (Wildman–Crippen LogP) is 1.42. The van der Waals surface area contributed by atoms with Gasteiger partial charge in [-0.3, -0.25) is 4.79 Å². The van der Waals surface area contributed by atoms with E-state index in [1.165, 1.54) is 14.2 Å². The van der Waals surface area contributed by atoms with Gasteiger partial charge in [0.05, 0.1) is 19.8 Å². The number of hydrogen-bond donors (Lipinski definition) is 2. The molecule has 2 rings (SSSR count). The Labute approximate surface area is 106 Å². The Hall–Kier alpha value is -1.91. The lowest BCUT2D eigenvalue weighted by Crippen LogP contribution is -2.27. The molecule has 5 heteroatoms. The molecule has 1 aromatic rings. The van der Waals surface area contributed by atoms with Gasteiger partial charge < -0.3 is 20.5 Å². The van der Waals surface area contributed by atoms with Crippen LogP contribution in [-0.4, -0.2) is 26.2 Å². The molecule has 5 nitrogen and oxygen atoms in total. The fourth-order valence-electron chi connectivity index (χ4n) is 1.86. The molecule has 2 unspecified atom stereocenters. The van der Waals surface area contributed by atoms with E-state index in [9.17, 15) is 4.79 Å². The number of benzene rings is 1. The van der Waals surface area contributed by atoms with Gasteiger partial charge in [-0.1, -0.05) is 6.92 Å². The van der Waals surface area contributed by atoms with Gasteiger partial charge in [-0.25, -0.2) is 0 Å². The third-order valence-corrected chi connectivity index (χ3v) is 3.23. The van der Waals surface area contributed by atoms with Crippen LogP contribution in [0.4, 0.5) is 5.69 Å². The summed E-state index contributed by atoms with van der Waals surface area (Å²) in [6, 6.07) is 3.48. The Morgan fingerprint density at radius 2 is 1.89 bits per heavy atom. The van der Waals surface area contributed by atoms with Gasteiger partial charge in [0.2, 0.25) is 0 Å². The minimum atomic E-state index is -0.164. The van der Waals surface area contributed by atoms with Crippen molar-refractivity contribution in [3.05, 3.63) is 17.7 Å². The largest absolute Gasteiger partial charge is 0.493 e. The van der Waals surface area contributed by atoms with Crippen LogP contribution in [0.5, 0.6) is 11.5 Å². The summed E-state index contributed by atoms with van der Waals surface area (Å²) >= 11 is 0. The van der Waals surface area contributed by atoms with E-state index in [1.807, 2.05) is 0 Å². The Bertz CT molecular complexity index is 474. The van der Waals surface area contributed by atoms with E-state index in [2.05, 4.69) is 12.2 Å². The van der Waals surface area contributed by atoms with Crippen molar-refractivity contribution in [2.45, 2.75) is 19.4 Å². The molecular formula is C13H18N2O3. The molecule has 0 saturated heterocycles. The average Bonchev–Trinajstić information content (AvgIpc) is 3.04. The van der Waals surface area contributed by atoms with Crippen molar-refractivity contribution in [3.8, 4) is 11.5 Å². The lowest BCUT2D eigenvalue weighted by Gasteiger charge is -2.12. The summed E-state index contributed by atoms with van der Waals surface area (Å²) in [5.74, 6) is 1.41. The highest BCUT2D eigenvalue weighted by molar-refractivity contribution is 6.00. The number of carbonyl (C=O) groups excluding carboxylic acids is 1. The number of ether oxygens (including phenoxy) is 2. The molecule has 0 aromatic heterocycles. The number of anilines is 1. The van der Waals surface area contributed by atoms with Crippen LogP contribution < -0.4 is 20.5 Å². The van der Waals surface area contributed by atoms with Gasteiger partial charge in [-0.2, -0.15) is 0 Å². The molecule has 0 spiro atoms. The minimum Gasteiger partial charge on any atom is -0.493 e. The first-order valence-electron chi connectivity index (χ1n) is 5.89. The monoisotopic (exact) mass is 250 g/mol. The molecule has 1 saturated carbocycles. The number of nitrogen functional groups attached to an aromatic ring is 1. The van der Waals surface area contributed by atoms with Crippen molar-refractivity contribution in [1.29, 1.82) is 0 Å². The lowest BCUT2D eigenvalue weighted by atomic mass is 10.1. The third-order valence-electron chi connectivity index (χ3n) is 3.23. The van der Waals surface area contributed by atoms with Crippen LogP contribution in [0.25, 0.3) is 0 Å². The molecule has 18 heavy (non-hydrogen) atoms. The van der Waals surface area contributed by atoms with Gasteiger partial charge in [-0.05, 0) is 18.4 Å². The Kier molecular flexibility index (Phi) is 3.32.